The van der Waals surface area contributed by atoms with Crippen molar-refractivity contribution < 1.29 is 9.90 Å². The monoisotopic (exact) mass is 126 g/mol. The largest absolute Gasteiger partial charge is 0.481 e. The number of hydrogen-bond acceptors (Lipinski definition) is 1. The maximum absolute atomic E-state index is 10.5. The molecular weight excluding hydrogens is 116 g/mol. The Morgan fingerprint density at radius 3 is 2.67 bits per heavy atom. The highest BCUT2D eigenvalue weighted by Crippen LogP contribution is 2.30. The van der Waals surface area contributed by atoms with Crippen LogP contribution >= 0.6 is 0 Å². The molecule has 0 aromatic carbocycles. The molecular formula is C7H10O2. The smallest absolute Gasteiger partial charge is 0.313 e. The number of rotatable bonds is 1. The molecule has 0 aromatic rings. The highest BCUT2D eigenvalue weighted by Gasteiger charge is 2.31. The molecule has 1 atom stereocenters. The molecule has 0 aromatic heterocycles. The first-order chi connectivity index (χ1) is 4.15. The van der Waals surface area contributed by atoms with E-state index in [1.807, 2.05) is 6.08 Å². The molecule has 0 bridgehead atoms. The molecule has 2 heteroatoms. The zero-order valence-electron chi connectivity index (χ0n) is 5.42. The van der Waals surface area contributed by atoms with Crippen LogP contribution in [0.2, 0.25) is 0 Å². The van der Waals surface area contributed by atoms with Crippen LogP contribution in [0.5, 0.6) is 0 Å². The van der Waals surface area contributed by atoms with E-state index in [-0.39, 0.29) is 0 Å². The lowest BCUT2D eigenvalue weighted by Crippen LogP contribution is -2.21. The molecule has 50 valence electrons. The Morgan fingerprint density at radius 2 is 2.44 bits per heavy atom. The van der Waals surface area contributed by atoms with Gasteiger partial charge in [0.25, 0.3) is 0 Å². The van der Waals surface area contributed by atoms with Gasteiger partial charge in [-0.1, -0.05) is 12.2 Å². The summed E-state index contributed by atoms with van der Waals surface area (Å²) >= 11 is 0. The average molecular weight is 126 g/mol. The Hall–Kier alpha value is -0.790. The van der Waals surface area contributed by atoms with E-state index >= 15 is 0 Å². The second-order valence-electron chi connectivity index (χ2n) is 2.66. The van der Waals surface area contributed by atoms with E-state index in [1.165, 1.54) is 0 Å². The fourth-order valence-electron chi connectivity index (χ4n) is 0.988. The molecule has 0 saturated carbocycles. The van der Waals surface area contributed by atoms with Gasteiger partial charge in [0.15, 0.2) is 0 Å². The Labute approximate surface area is 54.2 Å². The predicted octanol–water partition coefficient (Wildman–Crippen LogP) is 1.43. The number of carboxylic acid groups (broad SMARTS) is 1. The van der Waals surface area contributed by atoms with E-state index in [0.717, 1.165) is 12.8 Å². The topological polar surface area (TPSA) is 37.3 Å². The van der Waals surface area contributed by atoms with Crippen LogP contribution < -0.4 is 0 Å². The number of hydrogen-bond donors (Lipinski definition) is 1. The molecule has 2 nitrogen and oxygen atoms in total. The minimum Gasteiger partial charge on any atom is -0.481 e. The van der Waals surface area contributed by atoms with Crippen molar-refractivity contribution in [2.75, 3.05) is 0 Å². The normalized spacial score (nSPS) is 33.0. The molecule has 0 radical (unpaired) electrons. The van der Waals surface area contributed by atoms with E-state index in [0.29, 0.717) is 0 Å². The summed E-state index contributed by atoms with van der Waals surface area (Å²) in [5, 5.41) is 8.62. The Bertz CT molecular complexity index is 160. The van der Waals surface area contributed by atoms with Gasteiger partial charge in [-0.15, -0.1) is 0 Å². The molecule has 0 heterocycles. The summed E-state index contributed by atoms with van der Waals surface area (Å²) in [5.74, 6) is -0.712. The fourth-order valence-corrected chi connectivity index (χ4v) is 0.988. The molecule has 0 aliphatic heterocycles. The number of carbonyl (C=O) groups is 1. The number of carboxylic acids is 1. The third-order valence-electron chi connectivity index (χ3n) is 1.80. The van der Waals surface area contributed by atoms with Crippen molar-refractivity contribution in [2.24, 2.45) is 5.41 Å². The minimum absolute atomic E-state index is 0.569. The quantitative estimate of drug-likeness (QED) is 0.539. The van der Waals surface area contributed by atoms with E-state index in [4.69, 9.17) is 5.11 Å². The lowest BCUT2D eigenvalue weighted by molar-refractivity contribution is -0.145. The van der Waals surface area contributed by atoms with E-state index in [2.05, 4.69) is 0 Å². The first-order valence-electron chi connectivity index (χ1n) is 3.06. The molecule has 0 spiro atoms. The summed E-state index contributed by atoms with van der Waals surface area (Å²) in [6, 6.07) is 0. The van der Waals surface area contributed by atoms with Gasteiger partial charge in [0.1, 0.15) is 0 Å². The van der Waals surface area contributed by atoms with Gasteiger partial charge in [-0.05, 0) is 19.8 Å². The number of allylic oxidation sites excluding steroid dienone is 1. The van der Waals surface area contributed by atoms with Crippen LogP contribution in [0.15, 0.2) is 12.2 Å². The first-order valence-corrected chi connectivity index (χ1v) is 3.06. The second-order valence-corrected chi connectivity index (χ2v) is 2.66. The molecule has 1 rings (SSSR count). The third kappa shape index (κ3) is 0.969. The van der Waals surface area contributed by atoms with Gasteiger partial charge in [0.2, 0.25) is 0 Å². The lowest BCUT2D eigenvalue weighted by atomic mass is 9.91. The number of aliphatic carboxylic acids is 1. The standard InChI is InChI=1S/C7H10O2/c1-7(6(8)9)4-2-3-5-7/h2,4H,3,5H2,1H3,(H,8,9). The van der Waals surface area contributed by atoms with Crippen molar-refractivity contribution in [3.05, 3.63) is 12.2 Å². The van der Waals surface area contributed by atoms with Crippen LogP contribution in [0.4, 0.5) is 0 Å². The predicted molar refractivity (Wildman–Crippen MR) is 34.1 cm³/mol. The summed E-state index contributed by atoms with van der Waals surface area (Å²) in [6.07, 6.45) is 5.36. The summed E-state index contributed by atoms with van der Waals surface area (Å²) in [4.78, 5) is 10.5. The Balaban J connectivity index is 2.74. The van der Waals surface area contributed by atoms with Crippen LogP contribution in [0.3, 0.4) is 0 Å². The van der Waals surface area contributed by atoms with Crippen molar-refractivity contribution in [3.63, 3.8) is 0 Å². The highest BCUT2D eigenvalue weighted by molar-refractivity contribution is 5.77. The highest BCUT2D eigenvalue weighted by atomic mass is 16.4. The van der Waals surface area contributed by atoms with Crippen molar-refractivity contribution in [2.45, 2.75) is 19.8 Å². The molecule has 0 amide bonds. The molecule has 1 unspecified atom stereocenters. The summed E-state index contributed by atoms with van der Waals surface area (Å²) < 4.78 is 0. The van der Waals surface area contributed by atoms with Crippen molar-refractivity contribution >= 4 is 5.97 Å². The average Bonchev–Trinajstić information content (AvgIpc) is 2.16. The van der Waals surface area contributed by atoms with Gasteiger partial charge in [0.05, 0.1) is 5.41 Å². The Morgan fingerprint density at radius 1 is 1.78 bits per heavy atom. The molecule has 1 aliphatic carbocycles. The Kier molecular flexibility index (Phi) is 1.31. The third-order valence-corrected chi connectivity index (χ3v) is 1.80. The van der Waals surface area contributed by atoms with Gasteiger partial charge < -0.3 is 5.11 Å². The van der Waals surface area contributed by atoms with Gasteiger partial charge >= 0.3 is 5.97 Å². The van der Waals surface area contributed by atoms with E-state index in [9.17, 15) is 4.79 Å². The summed E-state index contributed by atoms with van der Waals surface area (Å²) in [6.45, 7) is 1.75. The van der Waals surface area contributed by atoms with Crippen LogP contribution in [-0.4, -0.2) is 11.1 Å². The molecule has 0 fully saturated rings. The van der Waals surface area contributed by atoms with Crippen molar-refractivity contribution in [3.8, 4) is 0 Å². The summed E-state index contributed by atoms with van der Waals surface area (Å²) in [5.41, 5.74) is -0.569. The maximum atomic E-state index is 10.5. The zero-order valence-corrected chi connectivity index (χ0v) is 5.42. The molecule has 0 saturated heterocycles. The lowest BCUT2D eigenvalue weighted by Gasteiger charge is -2.13. The minimum atomic E-state index is -0.712. The van der Waals surface area contributed by atoms with Crippen LogP contribution in [0, 0.1) is 5.41 Å². The SMILES string of the molecule is CC1(C(=O)O)C=CCC1. The van der Waals surface area contributed by atoms with Gasteiger partial charge in [-0.2, -0.15) is 0 Å². The van der Waals surface area contributed by atoms with Gasteiger partial charge in [0, 0.05) is 0 Å². The first kappa shape index (κ1) is 6.33. The summed E-state index contributed by atoms with van der Waals surface area (Å²) in [7, 11) is 0. The zero-order chi connectivity index (χ0) is 6.91. The van der Waals surface area contributed by atoms with Crippen LogP contribution in [0.1, 0.15) is 19.8 Å². The molecule has 1 N–H and O–H groups in total. The van der Waals surface area contributed by atoms with Gasteiger partial charge in [-0.3, -0.25) is 4.79 Å². The molecule has 1 aliphatic rings. The molecule has 9 heavy (non-hydrogen) atoms. The van der Waals surface area contributed by atoms with E-state index in [1.54, 1.807) is 13.0 Å². The fraction of sp³-hybridized carbons (Fsp3) is 0.571. The van der Waals surface area contributed by atoms with Gasteiger partial charge in [-0.25, -0.2) is 0 Å². The maximum Gasteiger partial charge on any atom is 0.313 e. The van der Waals surface area contributed by atoms with Crippen molar-refractivity contribution in [1.82, 2.24) is 0 Å². The second kappa shape index (κ2) is 1.87. The van der Waals surface area contributed by atoms with E-state index < -0.39 is 11.4 Å². The van der Waals surface area contributed by atoms with Crippen molar-refractivity contribution in [1.29, 1.82) is 0 Å². The van der Waals surface area contributed by atoms with Crippen LogP contribution in [-0.2, 0) is 4.79 Å². The van der Waals surface area contributed by atoms with Crippen LogP contribution in [0.25, 0.3) is 0 Å².